The molecule has 0 aliphatic rings. The lowest BCUT2D eigenvalue weighted by atomic mass is 10.1. The third kappa shape index (κ3) is 4.25. The molecule has 4 aromatic rings. The normalized spacial score (nSPS) is 10.5. The maximum atomic E-state index is 4.17. The van der Waals surface area contributed by atoms with Gasteiger partial charge in [-0.3, -0.25) is 0 Å². The molecule has 0 aliphatic carbocycles. The van der Waals surface area contributed by atoms with Crippen LogP contribution in [0.5, 0.6) is 0 Å². The Balaban J connectivity index is 0.000000173. The first kappa shape index (κ1) is 19.6. The average Bonchev–Trinajstić information content (AvgIpc) is 3.20. The molecule has 0 spiro atoms. The van der Waals surface area contributed by atoms with Crippen molar-refractivity contribution in [1.29, 1.82) is 0 Å². The van der Waals surface area contributed by atoms with Crippen LogP contribution in [-0.4, -0.2) is 29.5 Å². The molecule has 6 heteroatoms. The van der Waals surface area contributed by atoms with E-state index in [2.05, 4.69) is 46.4 Å². The second-order valence-corrected chi connectivity index (χ2v) is 6.31. The molecule has 6 nitrogen and oxygen atoms in total. The van der Waals surface area contributed by atoms with Crippen LogP contribution in [0.1, 0.15) is 45.0 Å². The highest BCUT2D eigenvalue weighted by atomic mass is 15.2. The zero-order chi connectivity index (χ0) is 19.3. The highest BCUT2D eigenvalue weighted by molar-refractivity contribution is 5.76. The third-order valence-electron chi connectivity index (χ3n) is 3.98. The highest BCUT2D eigenvalue weighted by Gasteiger charge is 2.05. The Kier molecular flexibility index (Phi) is 6.44. The summed E-state index contributed by atoms with van der Waals surface area (Å²) in [6, 6.07) is 8.16. The van der Waals surface area contributed by atoms with Gasteiger partial charge in [0.05, 0.1) is 16.9 Å². The number of hydrogen-bond acceptors (Lipinski definition) is 4. The van der Waals surface area contributed by atoms with Crippen LogP contribution < -0.4 is 0 Å². The molecule has 0 saturated carbocycles. The second kappa shape index (κ2) is 8.56. The van der Waals surface area contributed by atoms with E-state index in [1.807, 2.05) is 68.5 Å². The number of aromatic nitrogens is 6. The molecule has 0 aromatic carbocycles. The van der Waals surface area contributed by atoms with E-state index in [1.165, 1.54) is 5.39 Å². The molecule has 0 N–H and O–H groups in total. The average molecular weight is 352 g/mol. The molecule has 0 unspecified atom stereocenters. The van der Waals surface area contributed by atoms with Crippen LogP contribution in [0.15, 0.2) is 36.7 Å². The number of aryl methyl sites for hydroxylation is 3. The molecule has 0 saturated heterocycles. The van der Waals surface area contributed by atoms with E-state index < -0.39 is 0 Å². The fourth-order valence-corrected chi connectivity index (χ4v) is 2.51. The zero-order valence-corrected chi connectivity index (χ0v) is 16.7. The lowest BCUT2D eigenvalue weighted by Gasteiger charge is -2.02. The molecular weight excluding hydrogens is 324 g/mol. The first-order chi connectivity index (χ1) is 12.5. The van der Waals surface area contributed by atoms with Gasteiger partial charge in [-0.05, 0) is 37.1 Å². The minimum atomic E-state index is 0.442. The zero-order valence-electron chi connectivity index (χ0n) is 16.7. The van der Waals surface area contributed by atoms with Gasteiger partial charge >= 0.3 is 0 Å². The summed E-state index contributed by atoms with van der Waals surface area (Å²) in [5.41, 5.74) is 5.05. The van der Waals surface area contributed by atoms with Crippen LogP contribution in [0.4, 0.5) is 0 Å². The molecule has 0 radical (unpaired) electrons. The first-order valence-electron chi connectivity index (χ1n) is 8.99. The van der Waals surface area contributed by atoms with Crippen molar-refractivity contribution in [2.75, 3.05) is 0 Å². The van der Waals surface area contributed by atoms with Crippen LogP contribution >= 0.6 is 0 Å². The molecule has 4 aromatic heterocycles. The van der Waals surface area contributed by atoms with Crippen LogP contribution in [0.25, 0.3) is 22.1 Å². The van der Waals surface area contributed by atoms with E-state index in [-0.39, 0.29) is 0 Å². The van der Waals surface area contributed by atoms with E-state index >= 15 is 0 Å². The van der Waals surface area contributed by atoms with Gasteiger partial charge in [0.25, 0.3) is 0 Å². The highest BCUT2D eigenvalue weighted by Crippen LogP contribution is 2.16. The molecule has 0 aliphatic heterocycles. The van der Waals surface area contributed by atoms with Crippen molar-refractivity contribution in [3.05, 3.63) is 48.0 Å². The predicted octanol–water partition coefficient (Wildman–Crippen LogP) is 4.39. The molecular formula is C20H28N6. The Morgan fingerprint density at radius 1 is 0.846 bits per heavy atom. The maximum absolute atomic E-state index is 4.17. The van der Waals surface area contributed by atoms with Gasteiger partial charge in [-0.2, -0.15) is 10.2 Å². The smallest absolute Gasteiger partial charge is 0.162 e. The van der Waals surface area contributed by atoms with Gasteiger partial charge in [-0.1, -0.05) is 27.7 Å². The summed E-state index contributed by atoms with van der Waals surface area (Å²) in [7, 11) is 3.98. The van der Waals surface area contributed by atoms with Crippen molar-refractivity contribution in [3.63, 3.8) is 0 Å². The van der Waals surface area contributed by atoms with Crippen LogP contribution in [0, 0.1) is 6.92 Å². The fraction of sp³-hybridized carbons (Fsp3) is 0.400. The molecule has 0 atom stereocenters. The summed E-state index contributed by atoms with van der Waals surface area (Å²) in [5.74, 6) is 0.442. The lowest BCUT2D eigenvalue weighted by Crippen LogP contribution is -1.96. The third-order valence-corrected chi connectivity index (χ3v) is 3.98. The van der Waals surface area contributed by atoms with Crippen molar-refractivity contribution in [1.82, 2.24) is 29.5 Å². The molecule has 4 heterocycles. The molecule has 0 bridgehead atoms. The Labute approximate surface area is 154 Å². The van der Waals surface area contributed by atoms with Gasteiger partial charge in [-0.15, -0.1) is 10.2 Å². The van der Waals surface area contributed by atoms with Crippen molar-refractivity contribution >= 4 is 22.1 Å². The van der Waals surface area contributed by atoms with Crippen LogP contribution in [-0.2, 0) is 14.1 Å². The fourth-order valence-electron chi connectivity index (χ4n) is 2.51. The van der Waals surface area contributed by atoms with E-state index in [0.717, 1.165) is 28.1 Å². The second-order valence-electron chi connectivity index (χ2n) is 6.31. The maximum Gasteiger partial charge on any atom is 0.162 e. The summed E-state index contributed by atoms with van der Waals surface area (Å²) in [6.45, 7) is 10.2. The van der Waals surface area contributed by atoms with Crippen molar-refractivity contribution in [2.24, 2.45) is 14.1 Å². The van der Waals surface area contributed by atoms with Crippen molar-refractivity contribution < 1.29 is 0 Å². The van der Waals surface area contributed by atoms with E-state index in [0.29, 0.717) is 5.92 Å². The lowest BCUT2D eigenvalue weighted by molar-refractivity contribution is 0.787. The Morgan fingerprint density at radius 2 is 1.54 bits per heavy atom. The van der Waals surface area contributed by atoms with Crippen molar-refractivity contribution in [3.8, 4) is 0 Å². The standard InChI is InChI=1S/C10H13N3.C8H9N3.C2H6/c1-7(2)9-6-8-4-5-13(3)10(8)12-11-9;1-6-5-8-7(10-9-6)3-4-11(8)2;1-2/h4-7H,1-3H3;3-5H,1-2H3;1-2H3. The van der Waals surface area contributed by atoms with Crippen LogP contribution in [0.3, 0.4) is 0 Å². The van der Waals surface area contributed by atoms with E-state index in [1.54, 1.807) is 0 Å². The van der Waals surface area contributed by atoms with Gasteiger partial charge < -0.3 is 9.13 Å². The minimum Gasteiger partial charge on any atom is -0.349 e. The number of rotatable bonds is 1. The van der Waals surface area contributed by atoms with Gasteiger partial charge in [0.15, 0.2) is 5.65 Å². The number of nitrogens with zero attached hydrogens (tertiary/aromatic N) is 6. The molecule has 26 heavy (non-hydrogen) atoms. The number of hydrogen-bond donors (Lipinski definition) is 0. The van der Waals surface area contributed by atoms with E-state index in [4.69, 9.17) is 0 Å². The van der Waals surface area contributed by atoms with Gasteiger partial charge in [0.1, 0.15) is 5.52 Å². The predicted molar refractivity (Wildman–Crippen MR) is 107 cm³/mol. The van der Waals surface area contributed by atoms with E-state index in [9.17, 15) is 0 Å². The first-order valence-corrected chi connectivity index (χ1v) is 8.99. The summed E-state index contributed by atoms with van der Waals surface area (Å²) in [4.78, 5) is 0. The van der Waals surface area contributed by atoms with Gasteiger partial charge in [-0.25, -0.2) is 0 Å². The summed E-state index contributed by atoms with van der Waals surface area (Å²) >= 11 is 0. The molecule has 4 rings (SSSR count). The Morgan fingerprint density at radius 3 is 2.23 bits per heavy atom. The number of fused-ring (bicyclic) bond motifs is 2. The summed E-state index contributed by atoms with van der Waals surface area (Å²) in [6.07, 6.45) is 3.99. The largest absolute Gasteiger partial charge is 0.349 e. The monoisotopic (exact) mass is 352 g/mol. The summed E-state index contributed by atoms with van der Waals surface area (Å²) < 4.78 is 4.02. The summed E-state index contributed by atoms with van der Waals surface area (Å²) in [5, 5.41) is 17.5. The minimum absolute atomic E-state index is 0.442. The molecule has 0 amide bonds. The van der Waals surface area contributed by atoms with Gasteiger partial charge in [0.2, 0.25) is 0 Å². The topological polar surface area (TPSA) is 61.4 Å². The van der Waals surface area contributed by atoms with Gasteiger partial charge in [0, 0.05) is 31.9 Å². The molecule has 138 valence electrons. The molecule has 0 fully saturated rings. The van der Waals surface area contributed by atoms with Crippen molar-refractivity contribution in [2.45, 2.75) is 40.5 Å². The SMILES string of the molecule is CC.CC(C)c1cc2ccn(C)c2nn1.Cc1cc2c(ccn2C)nn1. The Bertz CT molecular complexity index is 980. The quantitative estimate of drug-likeness (QED) is 0.509. The Hall–Kier alpha value is -2.76. The van der Waals surface area contributed by atoms with Crippen LogP contribution in [0.2, 0.25) is 0 Å².